The van der Waals surface area contributed by atoms with Crippen molar-refractivity contribution in [3.8, 4) is 5.75 Å². The fourth-order valence-corrected chi connectivity index (χ4v) is 1.85. The lowest BCUT2D eigenvalue weighted by atomic mass is 10.2. The van der Waals surface area contributed by atoms with E-state index in [1.54, 1.807) is 0 Å². The third-order valence-corrected chi connectivity index (χ3v) is 2.93. The third-order valence-electron chi connectivity index (χ3n) is 2.66. The van der Waals surface area contributed by atoms with Crippen molar-refractivity contribution in [2.45, 2.75) is 39.5 Å². The molecule has 0 aliphatic heterocycles. The summed E-state index contributed by atoms with van der Waals surface area (Å²) in [7, 11) is 0. The van der Waals surface area contributed by atoms with Crippen LogP contribution in [0.3, 0.4) is 0 Å². The highest BCUT2D eigenvalue weighted by molar-refractivity contribution is 6.17. The number of carbonyl (C=O) groups is 1. The van der Waals surface area contributed by atoms with Gasteiger partial charge < -0.3 is 10.1 Å². The number of anilines is 1. The SMILES string of the molecule is CCCOc1cc(C)ccc1NC(=O)CCCCCl. The minimum atomic E-state index is 0.00955. The third kappa shape index (κ3) is 5.97. The predicted molar refractivity (Wildman–Crippen MR) is 80.2 cm³/mol. The van der Waals surface area contributed by atoms with Crippen LogP contribution in [0.25, 0.3) is 0 Å². The first-order valence-electron chi connectivity index (χ1n) is 6.76. The van der Waals surface area contributed by atoms with E-state index in [1.807, 2.05) is 25.1 Å². The predicted octanol–water partition coefficient (Wildman–Crippen LogP) is 4.13. The molecule has 0 saturated carbocycles. The average Bonchev–Trinajstić information content (AvgIpc) is 2.39. The molecular formula is C15H22ClNO2. The molecule has 19 heavy (non-hydrogen) atoms. The fraction of sp³-hybridized carbons (Fsp3) is 0.533. The fourth-order valence-electron chi connectivity index (χ4n) is 1.66. The van der Waals surface area contributed by atoms with Crippen molar-refractivity contribution in [1.29, 1.82) is 0 Å². The molecule has 0 aliphatic carbocycles. The summed E-state index contributed by atoms with van der Waals surface area (Å²) < 4.78 is 5.66. The van der Waals surface area contributed by atoms with E-state index in [9.17, 15) is 4.79 Å². The van der Waals surface area contributed by atoms with Crippen LogP contribution < -0.4 is 10.1 Å². The summed E-state index contributed by atoms with van der Waals surface area (Å²) in [5, 5.41) is 2.90. The molecule has 1 amide bonds. The monoisotopic (exact) mass is 283 g/mol. The van der Waals surface area contributed by atoms with Gasteiger partial charge in [0.25, 0.3) is 0 Å². The Morgan fingerprint density at radius 3 is 2.84 bits per heavy atom. The second-order valence-corrected chi connectivity index (χ2v) is 4.92. The van der Waals surface area contributed by atoms with E-state index in [-0.39, 0.29) is 5.91 Å². The number of hydrogen-bond acceptors (Lipinski definition) is 2. The van der Waals surface area contributed by atoms with Crippen molar-refractivity contribution in [3.63, 3.8) is 0 Å². The Bertz CT molecular complexity index is 407. The van der Waals surface area contributed by atoms with Crippen LogP contribution in [0.5, 0.6) is 5.75 Å². The Morgan fingerprint density at radius 2 is 2.16 bits per heavy atom. The van der Waals surface area contributed by atoms with Crippen LogP contribution in [0.4, 0.5) is 5.69 Å². The lowest BCUT2D eigenvalue weighted by Crippen LogP contribution is -2.12. The van der Waals surface area contributed by atoms with Crippen LogP contribution in [0.15, 0.2) is 18.2 Å². The number of unbranched alkanes of at least 4 members (excludes halogenated alkanes) is 1. The molecule has 0 bridgehead atoms. The highest BCUT2D eigenvalue weighted by Crippen LogP contribution is 2.26. The van der Waals surface area contributed by atoms with Gasteiger partial charge in [-0.3, -0.25) is 4.79 Å². The molecule has 106 valence electrons. The molecule has 3 nitrogen and oxygen atoms in total. The first kappa shape index (κ1) is 15.8. The zero-order valence-electron chi connectivity index (χ0n) is 11.7. The number of hydrogen-bond donors (Lipinski definition) is 1. The van der Waals surface area contributed by atoms with Gasteiger partial charge in [0.1, 0.15) is 5.75 Å². The second kappa shape index (κ2) is 8.81. The van der Waals surface area contributed by atoms with Gasteiger partial charge in [0, 0.05) is 12.3 Å². The Morgan fingerprint density at radius 1 is 1.37 bits per heavy atom. The molecule has 0 atom stereocenters. The number of benzene rings is 1. The number of aryl methyl sites for hydroxylation is 1. The largest absolute Gasteiger partial charge is 0.491 e. The molecule has 1 N–H and O–H groups in total. The molecule has 1 aromatic rings. The Labute approximate surface area is 120 Å². The van der Waals surface area contributed by atoms with E-state index < -0.39 is 0 Å². The smallest absolute Gasteiger partial charge is 0.224 e. The normalized spacial score (nSPS) is 10.3. The Hall–Kier alpha value is -1.22. The van der Waals surface area contributed by atoms with E-state index in [0.29, 0.717) is 18.9 Å². The number of carbonyl (C=O) groups excluding carboxylic acids is 1. The highest BCUT2D eigenvalue weighted by Gasteiger charge is 2.08. The van der Waals surface area contributed by atoms with Gasteiger partial charge in [-0.25, -0.2) is 0 Å². The lowest BCUT2D eigenvalue weighted by Gasteiger charge is -2.13. The van der Waals surface area contributed by atoms with Gasteiger partial charge >= 0.3 is 0 Å². The molecular weight excluding hydrogens is 262 g/mol. The quantitative estimate of drug-likeness (QED) is 0.575. The summed E-state index contributed by atoms with van der Waals surface area (Å²) in [5.74, 6) is 1.35. The van der Waals surface area contributed by atoms with Crippen molar-refractivity contribution in [1.82, 2.24) is 0 Å². The molecule has 0 unspecified atom stereocenters. The van der Waals surface area contributed by atoms with Gasteiger partial charge in [-0.05, 0) is 43.9 Å². The molecule has 1 rings (SSSR count). The summed E-state index contributed by atoms with van der Waals surface area (Å²) in [6.45, 7) is 4.71. The molecule has 0 spiro atoms. The van der Waals surface area contributed by atoms with Gasteiger partial charge in [-0.15, -0.1) is 11.6 Å². The van der Waals surface area contributed by atoms with Crippen molar-refractivity contribution in [3.05, 3.63) is 23.8 Å². The van der Waals surface area contributed by atoms with Crippen LogP contribution in [0.1, 0.15) is 38.2 Å². The number of ether oxygens (including phenoxy) is 1. The Balaban J connectivity index is 2.62. The van der Waals surface area contributed by atoms with Crippen molar-refractivity contribution >= 4 is 23.2 Å². The zero-order valence-corrected chi connectivity index (χ0v) is 12.4. The Kier molecular flexibility index (Phi) is 7.34. The van der Waals surface area contributed by atoms with Gasteiger partial charge in [0.05, 0.1) is 12.3 Å². The van der Waals surface area contributed by atoms with Crippen LogP contribution in [0, 0.1) is 6.92 Å². The van der Waals surface area contributed by atoms with E-state index >= 15 is 0 Å². The molecule has 4 heteroatoms. The molecule has 0 fully saturated rings. The van der Waals surface area contributed by atoms with Crippen molar-refractivity contribution < 1.29 is 9.53 Å². The molecule has 0 aliphatic rings. The average molecular weight is 284 g/mol. The summed E-state index contributed by atoms with van der Waals surface area (Å²) in [5.41, 5.74) is 1.86. The van der Waals surface area contributed by atoms with Crippen LogP contribution in [-0.4, -0.2) is 18.4 Å². The number of nitrogens with one attached hydrogen (secondary N) is 1. The molecule has 0 heterocycles. The highest BCUT2D eigenvalue weighted by atomic mass is 35.5. The first-order chi connectivity index (χ1) is 9.17. The van der Waals surface area contributed by atoms with Crippen molar-refractivity contribution in [2.24, 2.45) is 0 Å². The summed E-state index contributed by atoms with van der Waals surface area (Å²) in [6.07, 6.45) is 3.11. The molecule has 0 radical (unpaired) electrons. The topological polar surface area (TPSA) is 38.3 Å². The number of alkyl halides is 1. The van der Waals surface area contributed by atoms with Gasteiger partial charge in [-0.1, -0.05) is 13.0 Å². The lowest BCUT2D eigenvalue weighted by molar-refractivity contribution is -0.116. The number of rotatable bonds is 8. The maximum atomic E-state index is 11.8. The van der Waals surface area contributed by atoms with E-state index in [1.165, 1.54) is 0 Å². The van der Waals surface area contributed by atoms with Crippen LogP contribution in [0.2, 0.25) is 0 Å². The van der Waals surface area contributed by atoms with E-state index in [2.05, 4.69) is 12.2 Å². The molecule has 0 aromatic heterocycles. The number of halogens is 1. The van der Waals surface area contributed by atoms with Crippen molar-refractivity contribution in [2.75, 3.05) is 17.8 Å². The minimum Gasteiger partial charge on any atom is -0.491 e. The van der Waals surface area contributed by atoms with Gasteiger partial charge in [-0.2, -0.15) is 0 Å². The van der Waals surface area contributed by atoms with Crippen LogP contribution in [-0.2, 0) is 4.79 Å². The maximum absolute atomic E-state index is 11.8. The second-order valence-electron chi connectivity index (χ2n) is 4.54. The molecule has 0 saturated heterocycles. The van der Waals surface area contributed by atoms with Crippen LogP contribution >= 0.6 is 11.6 Å². The summed E-state index contributed by atoms with van der Waals surface area (Å²) in [4.78, 5) is 11.8. The summed E-state index contributed by atoms with van der Waals surface area (Å²) in [6, 6.07) is 5.80. The van der Waals surface area contributed by atoms with E-state index in [4.69, 9.17) is 16.3 Å². The van der Waals surface area contributed by atoms with Gasteiger partial charge in [0.15, 0.2) is 0 Å². The summed E-state index contributed by atoms with van der Waals surface area (Å²) >= 11 is 5.59. The van der Waals surface area contributed by atoms with Gasteiger partial charge in [0.2, 0.25) is 5.91 Å². The minimum absolute atomic E-state index is 0.00955. The molecule has 1 aromatic carbocycles. The van der Waals surface area contributed by atoms with E-state index in [0.717, 1.165) is 36.3 Å². The maximum Gasteiger partial charge on any atom is 0.224 e. The first-order valence-corrected chi connectivity index (χ1v) is 7.30. The standard InChI is InChI=1S/C15H22ClNO2/c1-3-10-19-14-11-12(2)7-8-13(14)17-15(18)6-4-5-9-16/h7-8,11H,3-6,9-10H2,1-2H3,(H,17,18). The number of amides is 1. The zero-order chi connectivity index (χ0) is 14.1.